The zero-order valence-corrected chi connectivity index (χ0v) is 19.2. The van der Waals surface area contributed by atoms with E-state index in [2.05, 4.69) is 0 Å². The number of rotatable bonds is 7. The molecule has 0 aliphatic rings. The Balaban J connectivity index is 0.00000364. The van der Waals surface area contributed by atoms with E-state index in [0.29, 0.717) is 0 Å². The molecule has 0 amide bonds. The van der Waals surface area contributed by atoms with Crippen molar-refractivity contribution in [3.05, 3.63) is 60.7 Å². The van der Waals surface area contributed by atoms with Crippen LogP contribution in [0.2, 0.25) is 5.04 Å². The third kappa shape index (κ3) is 5.27. The van der Waals surface area contributed by atoms with Gasteiger partial charge in [-0.3, -0.25) is 0 Å². The van der Waals surface area contributed by atoms with Gasteiger partial charge >= 0.3 is 41.4 Å². The molecule has 0 bridgehead atoms. The van der Waals surface area contributed by atoms with Gasteiger partial charge in [-0.05, 0) is 15.4 Å². The first-order valence-corrected chi connectivity index (χ1v) is 10.4. The standard InChI is InChI=1S/C20H24F2O3Si.Na.H/c1-19(2,3)26(16-10-6-4-7-11-16,17-12-8-5-9-13-17)25-15-14-20(21,22)18(23)24;;/h4-13H,14-15H2,1-3H3,(H,23,24);;/q;+1;-1. The van der Waals surface area contributed by atoms with Gasteiger partial charge in [-0.25, -0.2) is 4.79 Å². The quantitative estimate of drug-likeness (QED) is 0.697. The van der Waals surface area contributed by atoms with Crippen LogP contribution < -0.4 is 39.9 Å². The van der Waals surface area contributed by atoms with Crippen molar-refractivity contribution < 1.29 is 54.1 Å². The van der Waals surface area contributed by atoms with E-state index in [1.54, 1.807) is 0 Å². The van der Waals surface area contributed by atoms with Crippen LogP contribution in [0.25, 0.3) is 0 Å². The molecular weight excluding hydrogens is 377 g/mol. The van der Waals surface area contributed by atoms with E-state index in [9.17, 15) is 13.6 Å². The number of alkyl halides is 2. The normalized spacial score (nSPS) is 12.3. The van der Waals surface area contributed by atoms with Crippen LogP contribution in [0.4, 0.5) is 8.78 Å². The predicted octanol–water partition coefficient (Wildman–Crippen LogP) is 0.790. The average Bonchev–Trinajstić information content (AvgIpc) is 2.59. The van der Waals surface area contributed by atoms with Crippen LogP contribution in [-0.4, -0.2) is 31.9 Å². The molecular formula is C20H25F2NaO3Si. The maximum atomic E-state index is 13.6. The Morgan fingerprint density at radius 2 is 1.41 bits per heavy atom. The van der Waals surface area contributed by atoms with Crippen LogP contribution in [0.15, 0.2) is 60.7 Å². The molecule has 3 nitrogen and oxygen atoms in total. The van der Waals surface area contributed by atoms with Crippen LogP contribution in [0.1, 0.15) is 28.6 Å². The van der Waals surface area contributed by atoms with Gasteiger partial charge in [0, 0.05) is 13.0 Å². The fourth-order valence-electron chi connectivity index (χ4n) is 3.20. The predicted molar refractivity (Wildman–Crippen MR) is 102 cm³/mol. The van der Waals surface area contributed by atoms with Gasteiger partial charge in [-0.15, -0.1) is 0 Å². The zero-order valence-electron chi connectivity index (χ0n) is 17.2. The van der Waals surface area contributed by atoms with E-state index >= 15 is 0 Å². The van der Waals surface area contributed by atoms with Crippen molar-refractivity contribution in [2.24, 2.45) is 0 Å². The second-order valence-corrected chi connectivity index (χ2v) is 11.6. The maximum Gasteiger partial charge on any atom is 1.00 e. The molecule has 0 aliphatic carbocycles. The van der Waals surface area contributed by atoms with Crippen molar-refractivity contribution in [3.63, 3.8) is 0 Å². The van der Waals surface area contributed by atoms with E-state index in [1.165, 1.54) is 0 Å². The van der Waals surface area contributed by atoms with Crippen LogP contribution in [0, 0.1) is 0 Å². The summed E-state index contributed by atoms with van der Waals surface area (Å²) in [5.74, 6) is -5.92. The monoisotopic (exact) mass is 402 g/mol. The number of benzene rings is 2. The fraction of sp³-hybridized carbons (Fsp3) is 0.350. The maximum absolute atomic E-state index is 13.6. The molecule has 142 valence electrons. The molecule has 0 atom stereocenters. The van der Waals surface area contributed by atoms with E-state index in [-0.39, 0.29) is 42.6 Å². The summed E-state index contributed by atoms with van der Waals surface area (Å²) in [6.45, 7) is 5.78. The molecule has 7 heteroatoms. The molecule has 0 radical (unpaired) electrons. The average molecular weight is 402 g/mol. The number of aliphatic carboxylic acids is 1. The molecule has 0 unspecified atom stereocenters. The molecule has 0 fully saturated rings. The van der Waals surface area contributed by atoms with Crippen molar-refractivity contribution in [3.8, 4) is 0 Å². The minimum absolute atomic E-state index is 0. The molecule has 2 rings (SSSR count). The van der Waals surface area contributed by atoms with Crippen molar-refractivity contribution in [2.75, 3.05) is 6.61 Å². The van der Waals surface area contributed by atoms with E-state index < -0.39 is 26.6 Å². The Labute approximate surface area is 183 Å². The van der Waals surface area contributed by atoms with Crippen LogP contribution in [0.5, 0.6) is 0 Å². The first-order chi connectivity index (χ1) is 12.1. The van der Waals surface area contributed by atoms with Crippen molar-refractivity contribution in [1.29, 1.82) is 0 Å². The smallest absolute Gasteiger partial charge is 1.00 e. The van der Waals surface area contributed by atoms with Gasteiger partial charge in [-0.2, -0.15) is 8.78 Å². The van der Waals surface area contributed by atoms with Crippen molar-refractivity contribution in [2.45, 2.75) is 38.2 Å². The number of carboxylic acids is 1. The van der Waals surface area contributed by atoms with Gasteiger partial charge in [0.2, 0.25) is 0 Å². The second-order valence-electron chi connectivity index (χ2n) is 7.27. The number of carboxylic acid groups (broad SMARTS) is 1. The molecule has 0 aliphatic heterocycles. The van der Waals surface area contributed by atoms with Gasteiger partial charge < -0.3 is 11.0 Å². The SMILES string of the molecule is CC(C)(C)[Si](OCCC(F)(F)C(=O)O)(c1ccccc1)c1ccccc1.[H-].[Na+]. The molecule has 0 saturated carbocycles. The molecule has 27 heavy (non-hydrogen) atoms. The van der Waals surface area contributed by atoms with Crippen molar-refractivity contribution >= 4 is 24.7 Å². The largest absolute Gasteiger partial charge is 1.00 e. The van der Waals surface area contributed by atoms with Crippen molar-refractivity contribution in [1.82, 2.24) is 0 Å². The van der Waals surface area contributed by atoms with Gasteiger partial charge in [0.15, 0.2) is 0 Å². The first kappa shape index (κ1) is 24.0. The Bertz CT molecular complexity index is 701. The Hall–Kier alpha value is -1.05. The van der Waals surface area contributed by atoms with E-state index in [1.807, 2.05) is 81.4 Å². The third-order valence-corrected chi connectivity index (χ3v) is 9.51. The molecule has 2 aromatic rings. The van der Waals surface area contributed by atoms with Crippen LogP contribution in [0.3, 0.4) is 0 Å². The summed E-state index contributed by atoms with van der Waals surface area (Å²) in [4.78, 5) is 10.7. The molecule has 0 saturated heterocycles. The zero-order chi connectivity index (χ0) is 19.4. The van der Waals surface area contributed by atoms with E-state index in [4.69, 9.17) is 9.53 Å². The topological polar surface area (TPSA) is 46.5 Å². The van der Waals surface area contributed by atoms with Gasteiger partial charge in [0.1, 0.15) is 0 Å². The number of hydrogen-bond acceptors (Lipinski definition) is 2. The number of hydrogen-bond donors (Lipinski definition) is 1. The molecule has 1 N–H and O–H groups in total. The Morgan fingerprint density at radius 1 is 1.00 bits per heavy atom. The summed E-state index contributed by atoms with van der Waals surface area (Å²) < 4.78 is 33.4. The summed E-state index contributed by atoms with van der Waals surface area (Å²) in [5, 5.41) is 10.3. The summed E-state index contributed by atoms with van der Waals surface area (Å²) in [5.41, 5.74) is 0. The molecule has 0 heterocycles. The van der Waals surface area contributed by atoms with Crippen LogP contribution >= 0.6 is 0 Å². The molecule has 0 spiro atoms. The fourth-order valence-corrected chi connectivity index (χ4v) is 7.76. The first-order valence-electron chi connectivity index (χ1n) is 8.47. The number of carbonyl (C=O) groups is 1. The van der Waals surface area contributed by atoms with Crippen LogP contribution in [-0.2, 0) is 9.22 Å². The van der Waals surface area contributed by atoms with E-state index in [0.717, 1.165) is 10.4 Å². The van der Waals surface area contributed by atoms with Gasteiger partial charge in [-0.1, -0.05) is 81.4 Å². The number of halogens is 2. The summed E-state index contributed by atoms with van der Waals surface area (Å²) in [6.07, 6.45) is -0.854. The second kappa shape index (κ2) is 9.43. The van der Waals surface area contributed by atoms with Gasteiger partial charge in [0.25, 0.3) is 8.32 Å². The summed E-state index contributed by atoms with van der Waals surface area (Å²) in [7, 11) is -2.91. The molecule has 2 aromatic carbocycles. The third-order valence-electron chi connectivity index (χ3n) is 4.46. The minimum atomic E-state index is -3.80. The summed E-state index contributed by atoms with van der Waals surface area (Å²) >= 11 is 0. The molecule has 0 aromatic heterocycles. The summed E-state index contributed by atoms with van der Waals surface area (Å²) in [6, 6.07) is 19.2. The Morgan fingerprint density at radius 3 is 1.74 bits per heavy atom. The van der Waals surface area contributed by atoms with Gasteiger partial charge in [0.05, 0.1) is 0 Å². The Kier molecular flexibility index (Phi) is 8.38. The minimum Gasteiger partial charge on any atom is -1.00 e.